The standard InChI is InChI=1S/C18H20N4O3/c19-15-9-4-10-16(22(24)25)17(15)18(23)21-11-5-8-14(12-21)20-13-6-2-1-3-7-13/h1-4,6-7,9-10,14,20H,5,8,11-12,19H2. The number of amides is 1. The van der Waals surface area contributed by atoms with Crippen LogP contribution in [0.25, 0.3) is 0 Å². The van der Waals surface area contributed by atoms with Gasteiger partial charge in [0.05, 0.1) is 10.6 Å². The molecule has 1 unspecified atom stereocenters. The fourth-order valence-electron chi connectivity index (χ4n) is 3.15. The molecule has 0 spiro atoms. The van der Waals surface area contributed by atoms with Crippen LogP contribution in [0.15, 0.2) is 48.5 Å². The molecule has 1 fully saturated rings. The highest BCUT2D eigenvalue weighted by molar-refractivity contribution is 6.03. The highest BCUT2D eigenvalue weighted by atomic mass is 16.6. The van der Waals surface area contributed by atoms with Gasteiger partial charge in [0.2, 0.25) is 0 Å². The topological polar surface area (TPSA) is 101 Å². The van der Waals surface area contributed by atoms with Crippen LogP contribution in [0, 0.1) is 10.1 Å². The Kier molecular flexibility index (Phi) is 4.83. The van der Waals surface area contributed by atoms with E-state index in [9.17, 15) is 14.9 Å². The Bertz CT molecular complexity index is 779. The Morgan fingerprint density at radius 3 is 2.68 bits per heavy atom. The minimum absolute atomic E-state index is 0.0205. The lowest BCUT2D eigenvalue weighted by atomic mass is 10.0. The summed E-state index contributed by atoms with van der Waals surface area (Å²) in [6.07, 6.45) is 1.77. The van der Waals surface area contributed by atoms with Crippen LogP contribution in [0.2, 0.25) is 0 Å². The first kappa shape index (κ1) is 16.8. The molecule has 1 amide bonds. The van der Waals surface area contributed by atoms with E-state index >= 15 is 0 Å². The molecule has 3 rings (SSSR count). The maximum atomic E-state index is 12.9. The van der Waals surface area contributed by atoms with Crippen LogP contribution in [0.1, 0.15) is 23.2 Å². The molecule has 130 valence electrons. The maximum absolute atomic E-state index is 12.9. The van der Waals surface area contributed by atoms with Crippen LogP contribution in [-0.4, -0.2) is 34.9 Å². The van der Waals surface area contributed by atoms with Gasteiger partial charge < -0.3 is 16.0 Å². The number of nitrogens with zero attached hydrogens (tertiary/aromatic N) is 2. The number of likely N-dealkylation sites (tertiary alicyclic amines) is 1. The quantitative estimate of drug-likeness (QED) is 0.506. The summed E-state index contributed by atoms with van der Waals surface area (Å²) < 4.78 is 0. The molecular weight excluding hydrogens is 320 g/mol. The summed E-state index contributed by atoms with van der Waals surface area (Å²) >= 11 is 0. The SMILES string of the molecule is Nc1cccc([N+](=O)[O-])c1C(=O)N1CCCC(Nc2ccccc2)C1. The molecule has 7 heteroatoms. The van der Waals surface area contributed by atoms with Crippen LogP contribution >= 0.6 is 0 Å². The molecule has 1 aliphatic heterocycles. The number of hydrogen-bond acceptors (Lipinski definition) is 5. The number of carbonyl (C=O) groups is 1. The zero-order valence-electron chi connectivity index (χ0n) is 13.7. The lowest BCUT2D eigenvalue weighted by molar-refractivity contribution is -0.385. The lowest BCUT2D eigenvalue weighted by Crippen LogP contribution is -2.45. The van der Waals surface area contributed by atoms with Gasteiger partial charge in [-0.05, 0) is 31.0 Å². The number of carbonyl (C=O) groups excluding carboxylic acids is 1. The van der Waals surface area contributed by atoms with E-state index in [0.29, 0.717) is 13.1 Å². The van der Waals surface area contributed by atoms with E-state index in [1.54, 1.807) is 4.90 Å². The van der Waals surface area contributed by atoms with Gasteiger partial charge in [-0.2, -0.15) is 0 Å². The van der Waals surface area contributed by atoms with Crippen molar-refractivity contribution in [2.75, 3.05) is 24.1 Å². The average Bonchev–Trinajstić information content (AvgIpc) is 2.62. The van der Waals surface area contributed by atoms with E-state index in [2.05, 4.69) is 5.32 Å². The van der Waals surface area contributed by atoms with E-state index in [1.165, 1.54) is 18.2 Å². The molecule has 0 saturated carbocycles. The predicted octanol–water partition coefficient (Wildman–Crippen LogP) is 2.89. The van der Waals surface area contributed by atoms with E-state index in [4.69, 9.17) is 5.73 Å². The Morgan fingerprint density at radius 2 is 1.96 bits per heavy atom. The van der Waals surface area contributed by atoms with Gasteiger partial charge in [0.1, 0.15) is 5.56 Å². The lowest BCUT2D eigenvalue weighted by Gasteiger charge is -2.33. The van der Waals surface area contributed by atoms with Crippen molar-refractivity contribution in [1.29, 1.82) is 0 Å². The fourth-order valence-corrected chi connectivity index (χ4v) is 3.15. The van der Waals surface area contributed by atoms with Crippen molar-refractivity contribution in [3.63, 3.8) is 0 Å². The molecule has 7 nitrogen and oxygen atoms in total. The van der Waals surface area contributed by atoms with Crippen LogP contribution < -0.4 is 11.1 Å². The number of anilines is 2. The van der Waals surface area contributed by atoms with Gasteiger partial charge in [-0.15, -0.1) is 0 Å². The van der Waals surface area contributed by atoms with E-state index in [1.807, 2.05) is 30.3 Å². The molecule has 0 aromatic heterocycles. The second-order valence-electron chi connectivity index (χ2n) is 6.10. The average molecular weight is 340 g/mol. The molecule has 0 radical (unpaired) electrons. The maximum Gasteiger partial charge on any atom is 0.284 e. The summed E-state index contributed by atoms with van der Waals surface area (Å²) in [7, 11) is 0. The summed E-state index contributed by atoms with van der Waals surface area (Å²) in [5, 5.41) is 14.6. The number of nitrogens with two attached hydrogens (primary N) is 1. The molecule has 1 heterocycles. The summed E-state index contributed by atoms with van der Waals surface area (Å²) in [5.41, 5.74) is 6.72. The number of piperidine rings is 1. The van der Waals surface area contributed by atoms with E-state index < -0.39 is 4.92 Å². The minimum Gasteiger partial charge on any atom is -0.398 e. The Labute approximate surface area is 145 Å². The van der Waals surface area contributed by atoms with Crippen molar-refractivity contribution in [3.05, 3.63) is 64.2 Å². The second kappa shape index (κ2) is 7.21. The number of nitrogens with one attached hydrogen (secondary N) is 1. The zero-order chi connectivity index (χ0) is 17.8. The number of hydrogen-bond donors (Lipinski definition) is 2. The Balaban J connectivity index is 1.78. The Morgan fingerprint density at radius 1 is 1.20 bits per heavy atom. The van der Waals surface area contributed by atoms with Gasteiger partial charge in [0.25, 0.3) is 11.6 Å². The highest BCUT2D eigenvalue weighted by Gasteiger charge is 2.30. The predicted molar refractivity (Wildman–Crippen MR) is 96.5 cm³/mol. The first-order valence-corrected chi connectivity index (χ1v) is 8.20. The minimum atomic E-state index is -0.562. The van der Waals surface area contributed by atoms with Crippen molar-refractivity contribution in [2.45, 2.75) is 18.9 Å². The molecular formula is C18H20N4O3. The number of rotatable bonds is 4. The molecule has 25 heavy (non-hydrogen) atoms. The van der Waals surface area contributed by atoms with Crippen molar-refractivity contribution in [2.24, 2.45) is 0 Å². The molecule has 0 bridgehead atoms. The monoisotopic (exact) mass is 340 g/mol. The number of benzene rings is 2. The molecule has 3 N–H and O–H groups in total. The van der Waals surface area contributed by atoms with Crippen molar-refractivity contribution in [3.8, 4) is 0 Å². The first-order chi connectivity index (χ1) is 12.1. The van der Waals surface area contributed by atoms with Gasteiger partial charge in [-0.1, -0.05) is 24.3 Å². The van der Waals surface area contributed by atoms with Crippen molar-refractivity contribution in [1.82, 2.24) is 4.90 Å². The largest absolute Gasteiger partial charge is 0.398 e. The molecule has 0 aliphatic carbocycles. The van der Waals surface area contributed by atoms with E-state index in [0.717, 1.165) is 18.5 Å². The van der Waals surface area contributed by atoms with Crippen LogP contribution in [0.4, 0.5) is 17.1 Å². The van der Waals surface area contributed by atoms with Crippen LogP contribution in [0.5, 0.6) is 0 Å². The number of para-hydroxylation sites is 1. The zero-order valence-corrected chi connectivity index (χ0v) is 13.7. The third-order valence-electron chi connectivity index (χ3n) is 4.34. The van der Waals surface area contributed by atoms with Gasteiger partial charge in [0.15, 0.2) is 0 Å². The summed E-state index contributed by atoms with van der Waals surface area (Å²) in [5.74, 6) is -0.385. The van der Waals surface area contributed by atoms with Crippen molar-refractivity contribution < 1.29 is 9.72 Å². The number of nitro benzene ring substituents is 1. The van der Waals surface area contributed by atoms with Gasteiger partial charge >= 0.3 is 0 Å². The Hall–Kier alpha value is -3.09. The summed E-state index contributed by atoms with van der Waals surface area (Å²) in [4.78, 5) is 25.2. The van der Waals surface area contributed by atoms with E-state index in [-0.39, 0.29) is 28.9 Å². The molecule has 1 saturated heterocycles. The summed E-state index contributed by atoms with van der Waals surface area (Å²) in [6, 6.07) is 14.2. The van der Waals surface area contributed by atoms with Gasteiger partial charge in [-0.25, -0.2) is 0 Å². The molecule has 1 atom stereocenters. The number of nitrogen functional groups attached to an aromatic ring is 1. The molecule has 1 aliphatic rings. The second-order valence-corrected chi connectivity index (χ2v) is 6.10. The smallest absolute Gasteiger partial charge is 0.284 e. The van der Waals surface area contributed by atoms with Crippen LogP contribution in [-0.2, 0) is 0 Å². The van der Waals surface area contributed by atoms with Gasteiger partial charge in [-0.3, -0.25) is 14.9 Å². The van der Waals surface area contributed by atoms with Gasteiger partial charge in [0, 0.05) is 30.9 Å². The highest BCUT2D eigenvalue weighted by Crippen LogP contribution is 2.27. The van der Waals surface area contributed by atoms with Crippen LogP contribution in [0.3, 0.4) is 0 Å². The first-order valence-electron chi connectivity index (χ1n) is 8.20. The normalized spacial score (nSPS) is 17.1. The fraction of sp³-hybridized carbons (Fsp3) is 0.278. The molecule has 2 aromatic rings. The molecule has 2 aromatic carbocycles. The third kappa shape index (κ3) is 3.71. The van der Waals surface area contributed by atoms with Crippen molar-refractivity contribution >= 4 is 23.0 Å². The summed E-state index contributed by atoms with van der Waals surface area (Å²) in [6.45, 7) is 1.05. The third-order valence-corrected chi connectivity index (χ3v) is 4.34. The number of nitro groups is 1.